The molecule has 1 nitrogen and oxygen atoms in total. The summed E-state index contributed by atoms with van der Waals surface area (Å²) in [6.45, 7) is 2.27. The Kier molecular flexibility index (Phi) is 7.23. The van der Waals surface area contributed by atoms with Crippen molar-refractivity contribution >= 4 is 6.71 Å². The van der Waals surface area contributed by atoms with Gasteiger partial charge >= 0.3 is 0 Å². The molecule has 0 aliphatic carbocycles. The maximum Gasteiger partial charge on any atom is 0.160 e. The summed E-state index contributed by atoms with van der Waals surface area (Å²) in [4.78, 5) is 0. The van der Waals surface area contributed by atoms with Crippen molar-refractivity contribution in [3.05, 3.63) is 0 Å². The van der Waals surface area contributed by atoms with Crippen LogP contribution in [0.25, 0.3) is 0 Å². The molecule has 2 heteroatoms. The zero-order valence-corrected chi connectivity index (χ0v) is 12.3. The molecule has 2 saturated heterocycles. The van der Waals surface area contributed by atoms with Crippen LogP contribution >= 0.6 is 0 Å². The lowest BCUT2D eigenvalue weighted by atomic mass is 9.38. The molecule has 1 atom stereocenters. The SMILES string of the molecule is C1CCCCB(C2CCCCCCCN2)CCC1. The molecule has 0 amide bonds. The van der Waals surface area contributed by atoms with Crippen LogP contribution in [0.15, 0.2) is 0 Å². The smallest absolute Gasteiger partial charge is 0.160 e. The first-order valence-corrected chi connectivity index (χ1v) is 8.70. The van der Waals surface area contributed by atoms with Gasteiger partial charge in [-0.05, 0) is 25.3 Å². The Labute approximate surface area is 115 Å². The monoisotopic (exact) mass is 249 g/mol. The molecule has 2 rings (SSSR count). The quantitative estimate of drug-likeness (QED) is 0.665. The lowest BCUT2D eigenvalue weighted by molar-refractivity contribution is 0.569. The fraction of sp³-hybridized carbons (Fsp3) is 1.00. The van der Waals surface area contributed by atoms with E-state index in [1.54, 1.807) is 0 Å². The third-order valence-corrected chi connectivity index (χ3v) is 5.07. The van der Waals surface area contributed by atoms with Crippen molar-refractivity contribution in [2.24, 2.45) is 0 Å². The summed E-state index contributed by atoms with van der Waals surface area (Å²) < 4.78 is 0. The van der Waals surface area contributed by atoms with Crippen LogP contribution in [-0.2, 0) is 0 Å². The summed E-state index contributed by atoms with van der Waals surface area (Å²) in [7, 11) is 0. The maximum absolute atomic E-state index is 3.90. The Balaban J connectivity index is 1.83. The predicted molar refractivity (Wildman–Crippen MR) is 82.6 cm³/mol. The van der Waals surface area contributed by atoms with Crippen LogP contribution in [0.3, 0.4) is 0 Å². The molecule has 0 spiro atoms. The second kappa shape index (κ2) is 9.01. The normalized spacial score (nSPS) is 29.3. The van der Waals surface area contributed by atoms with Crippen molar-refractivity contribution in [3.63, 3.8) is 0 Å². The summed E-state index contributed by atoms with van der Waals surface area (Å²) in [5.74, 6) is 0.848. The van der Waals surface area contributed by atoms with E-state index in [2.05, 4.69) is 5.32 Å². The van der Waals surface area contributed by atoms with E-state index in [4.69, 9.17) is 0 Å². The predicted octanol–water partition coefficient (Wildman–Crippen LogP) is 4.69. The Hall–Kier alpha value is 0.0249. The molecular weight excluding hydrogens is 217 g/mol. The molecule has 0 aromatic rings. The van der Waals surface area contributed by atoms with E-state index in [1.165, 1.54) is 96.2 Å². The van der Waals surface area contributed by atoms with Crippen LogP contribution in [0.5, 0.6) is 0 Å². The molecule has 1 unspecified atom stereocenters. The van der Waals surface area contributed by atoms with Crippen molar-refractivity contribution in [1.29, 1.82) is 0 Å². The van der Waals surface area contributed by atoms with Gasteiger partial charge in [0, 0.05) is 0 Å². The van der Waals surface area contributed by atoms with Gasteiger partial charge in [-0.1, -0.05) is 76.8 Å². The zero-order valence-electron chi connectivity index (χ0n) is 12.3. The Bertz CT molecular complexity index is 165. The third kappa shape index (κ3) is 5.34. The van der Waals surface area contributed by atoms with Gasteiger partial charge < -0.3 is 5.32 Å². The molecule has 104 valence electrons. The van der Waals surface area contributed by atoms with E-state index in [9.17, 15) is 0 Å². The van der Waals surface area contributed by atoms with E-state index in [1.807, 2.05) is 0 Å². The highest BCUT2D eigenvalue weighted by Gasteiger charge is 2.24. The van der Waals surface area contributed by atoms with Crippen LogP contribution in [0, 0.1) is 0 Å². The highest BCUT2D eigenvalue weighted by molar-refractivity contribution is 6.60. The van der Waals surface area contributed by atoms with E-state index in [0.717, 1.165) is 12.7 Å². The summed E-state index contributed by atoms with van der Waals surface area (Å²) in [6, 6.07) is 0. The number of hydrogen-bond donors (Lipinski definition) is 1. The van der Waals surface area contributed by atoms with Gasteiger partial charge in [0.2, 0.25) is 0 Å². The molecule has 2 aliphatic heterocycles. The largest absolute Gasteiger partial charge is 0.321 e. The lowest BCUT2D eigenvalue weighted by Crippen LogP contribution is -2.43. The number of hydrogen-bond acceptors (Lipinski definition) is 1. The molecule has 2 heterocycles. The van der Waals surface area contributed by atoms with Gasteiger partial charge in [-0.3, -0.25) is 0 Å². The first-order chi connectivity index (χ1) is 8.97. The van der Waals surface area contributed by atoms with E-state index in [0.29, 0.717) is 0 Å². The van der Waals surface area contributed by atoms with Crippen molar-refractivity contribution in [1.82, 2.24) is 5.32 Å². The van der Waals surface area contributed by atoms with Gasteiger partial charge in [0.15, 0.2) is 6.71 Å². The number of nitrogens with one attached hydrogen (secondary N) is 1. The molecule has 2 aliphatic rings. The van der Waals surface area contributed by atoms with Gasteiger partial charge in [0.25, 0.3) is 0 Å². The van der Waals surface area contributed by atoms with Gasteiger partial charge in [0.05, 0.1) is 0 Å². The summed E-state index contributed by atoms with van der Waals surface area (Å²) in [6.07, 6.45) is 20.7. The van der Waals surface area contributed by atoms with Crippen LogP contribution < -0.4 is 5.32 Å². The summed E-state index contributed by atoms with van der Waals surface area (Å²) >= 11 is 0. The first-order valence-electron chi connectivity index (χ1n) is 8.70. The molecule has 0 saturated carbocycles. The van der Waals surface area contributed by atoms with Gasteiger partial charge in [0.1, 0.15) is 0 Å². The minimum atomic E-state index is 0.848. The highest BCUT2D eigenvalue weighted by Crippen LogP contribution is 2.22. The molecular formula is C16H32BN. The fourth-order valence-corrected chi connectivity index (χ4v) is 3.88. The van der Waals surface area contributed by atoms with Crippen LogP contribution in [0.1, 0.15) is 77.0 Å². The molecule has 0 radical (unpaired) electrons. The number of rotatable bonds is 1. The first kappa shape index (κ1) is 14.4. The minimum absolute atomic E-state index is 0.848. The summed E-state index contributed by atoms with van der Waals surface area (Å²) in [5.41, 5.74) is 0. The minimum Gasteiger partial charge on any atom is -0.321 e. The molecule has 0 aromatic carbocycles. The van der Waals surface area contributed by atoms with E-state index in [-0.39, 0.29) is 0 Å². The average Bonchev–Trinajstić information content (AvgIpc) is 2.61. The Morgan fingerprint density at radius 2 is 1.17 bits per heavy atom. The maximum atomic E-state index is 3.90. The van der Waals surface area contributed by atoms with E-state index < -0.39 is 0 Å². The topological polar surface area (TPSA) is 12.0 Å². The molecule has 0 bridgehead atoms. The zero-order chi connectivity index (χ0) is 12.5. The third-order valence-electron chi connectivity index (χ3n) is 5.07. The molecule has 2 fully saturated rings. The second-order valence-electron chi connectivity index (χ2n) is 6.58. The van der Waals surface area contributed by atoms with Crippen molar-refractivity contribution in [2.75, 3.05) is 6.54 Å². The Morgan fingerprint density at radius 3 is 1.89 bits per heavy atom. The fourth-order valence-electron chi connectivity index (χ4n) is 3.88. The van der Waals surface area contributed by atoms with Crippen molar-refractivity contribution in [3.8, 4) is 0 Å². The van der Waals surface area contributed by atoms with Gasteiger partial charge in [-0.25, -0.2) is 0 Å². The van der Waals surface area contributed by atoms with Gasteiger partial charge in [-0.2, -0.15) is 0 Å². The van der Waals surface area contributed by atoms with Crippen LogP contribution in [0.2, 0.25) is 12.6 Å². The van der Waals surface area contributed by atoms with Crippen LogP contribution in [0.4, 0.5) is 0 Å². The second-order valence-corrected chi connectivity index (χ2v) is 6.58. The molecule has 18 heavy (non-hydrogen) atoms. The van der Waals surface area contributed by atoms with Crippen molar-refractivity contribution < 1.29 is 0 Å². The lowest BCUT2D eigenvalue weighted by Gasteiger charge is -2.25. The standard InChI is InChI=1S/C16H32BN/c1-2-6-10-14-17(13-9-5-1)16-12-8-4-3-7-11-15-18-16/h16,18H,1-15H2. The summed E-state index contributed by atoms with van der Waals surface area (Å²) in [5, 5.41) is 3.90. The average molecular weight is 249 g/mol. The Morgan fingerprint density at radius 1 is 0.611 bits per heavy atom. The van der Waals surface area contributed by atoms with Gasteiger partial charge in [-0.15, -0.1) is 0 Å². The highest BCUT2D eigenvalue weighted by atomic mass is 14.9. The molecule has 0 aromatic heterocycles. The van der Waals surface area contributed by atoms with E-state index >= 15 is 0 Å². The van der Waals surface area contributed by atoms with Crippen molar-refractivity contribution in [2.45, 2.75) is 95.6 Å². The molecule has 1 N–H and O–H groups in total. The van der Waals surface area contributed by atoms with Crippen LogP contribution in [-0.4, -0.2) is 19.2 Å².